The number of thiocarbonyl (C=S) groups is 1. The van der Waals surface area contributed by atoms with Gasteiger partial charge < -0.3 is 9.80 Å². The molecule has 2 aromatic rings. The van der Waals surface area contributed by atoms with Gasteiger partial charge in [-0.1, -0.05) is 35.9 Å². The van der Waals surface area contributed by atoms with Gasteiger partial charge in [-0.05, 0) is 49.8 Å². The van der Waals surface area contributed by atoms with Crippen LogP contribution in [-0.4, -0.2) is 37.1 Å². The van der Waals surface area contributed by atoms with Gasteiger partial charge in [-0.2, -0.15) is 0 Å². The van der Waals surface area contributed by atoms with Crippen molar-refractivity contribution < 1.29 is 8.42 Å². The number of anilines is 2. The maximum absolute atomic E-state index is 12.3. The van der Waals surface area contributed by atoms with Crippen LogP contribution in [0.5, 0.6) is 0 Å². The number of hydrogen-bond acceptors (Lipinski definition) is 3. The summed E-state index contributed by atoms with van der Waals surface area (Å²) < 4.78 is 24.7. The molecule has 2 atom stereocenters. The lowest BCUT2D eigenvalue weighted by atomic mass is 10.1. The summed E-state index contributed by atoms with van der Waals surface area (Å²) in [6, 6.07) is 15.8. The highest BCUT2D eigenvalue weighted by molar-refractivity contribution is 7.91. The average molecular weight is 373 g/mol. The average Bonchev–Trinajstić information content (AvgIpc) is 2.98. The predicted octanol–water partition coefficient (Wildman–Crippen LogP) is 3.08. The molecule has 4 rings (SSSR count). The predicted molar refractivity (Wildman–Crippen MR) is 106 cm³/mol. The molecule has 2 saturated heterocycles. The van der Waals surface area contributed by atoms with Crippen molar-refractivity contribution in [3.63, 3.8) is 0 Å². The minimum Gasteiger partial charge on any atom is -0.312 e. The molecule has 2 fully saturated rings. The van der Waals surface area contributed by atoms with Gasteiger partial charge in [-0.25, -0.2) is 8.42 Å². The van der Waals surface area contributed by atoms with E-state index in [1.165, 1.54) is 5.56 Å². The van der Waals surface area contributed by atoms with Crippen molar-refractivity contribution in [2.45, 2.75) is 25.9 Å². The highest BCUT2D eigenvalue weighted by Crippen LogP contribution is 2.39. The number of para-hydroxylation sites is 1. The maximum Gasteiger partial charge on any atom is 0.181 e. The van der Waals surface area contributed by atoms with Crippen LogP contribution in [0, 0.1) is 13.8 Å². The first-order valence-corrected chi connectivity index (χ1v) is 10.6. The Balaban J connectivity index is 1.83. The highest BCUT2D eigenvalue weighted by atomic mass is 32.2. The first-order chi connectivity index (χ1) is 11.9. The normalized spacial score (nSPS) is 24.6. The molecule has 2 aromatic carbocycles. The van der Waals surface area contributed by atoms with E-state index >= 15 is 0 Å². The van der Waals surface area contributed by atoms with Crippen molar-refractivity contribution in [1.29, 1.82) is 0 Å². The van der Waals surface area contributed by atoms with Crippen LogP contribution in [-0.2, 0) is 9.84 Å². The molecule has 0 bridgehead atoms. The standard InChI is InChI=1S/C19H20N2O2S2/c1-13-8-9-16(14(2)10-13)21-18-12-25(22,23)11-17(18)20(19(21)24)15-6-4-3-5-7-15/h3-10,17-18H,11-12H2,1-2H3. The van der Waals surface area contributed by atoms with Crippen molar-refractivity contribution in [3.05, 3.63) is 59.7 Å². The summed E-state index contributed by atoms with van der Waals surface area (Å²) in [6.45, 7) is 4.10. The van der Waals surface area contributed by atoms with Crippen molar-refractivity contribution in [1.82, 2.24) is 0 Å². The van der Waals surface area contributed by atoms with Crippen molar-refractivity contribution in [2.24, 2.45) is 0 Å². The zero-order valence-electron chi connectivity index (χ0n) is 14.2. The zero-order chi connectivity index (χ0) is 17.8. The molecule has 2 aliphatic heterocycles. The highest BCUT2D eigenvalue weighted by Gasteiger charge is 2.52. The lowest BCUT2D eigenvalue weighted by molar-refractivity contribution is 0.601. The molecule has 0 radical (unpaired) electrons. The topological polar surface area (TPSA) is 40.6 Å². The third-order valence-electron chi connectivity index (χ3n) is 5.02. The second-order valence-corrected chi connectivity index (χ2v) is 9.38. The van der Waals surface area contributed by atoms with Gasteiger partial charge in [0, 0.05) is 11.4 Å². The summed E-state index contributed by atoms with van der Waals surface area (Å²) >= 11 is 5.80. The van der Waals surface area contributed by atoms with E-state index in [-0.39, 0.29) is 23.6 Å². The van der Waals surface area contributed by atoms with Gasteiger partial charge >= 0.3 is 0 Å². The van der Waals surface area contributed by atoms with Crippen molar-refractivity contribution in [2.75, 3.05) is 21.3 Å². The number of rotatable bonds is 2. The molecule has 2 aliphatic rings. The number of benzene rings is 2. The summed E-state index contributed by atoms with van der Waals surface area (Å²) in [4.78, 5) is 4.07. The van der Waals surface area contributed by atoms with Crippen LogP contribution < -0.4 is 9.80 Å². The van der Waals surface area contributed by atoms with E-state index in [0.717, 1.165) is 16.9 Å². The largest absolute Gasteiger partial charge is 0.312 e. The molecule has 0 aliphatic carbocycles. The molecular weight excluding hydrogens is 352 g/mol. The molecule has 2 heterocycles. The minimum absolute atomic E-state index is 0.138. The molecule has 0 amide bonds. The fourth-order valence-electron chi connectivity index (χ4n) is 3.95. The molecule has 0 aromatic heterocycles. The molecule has 0 N–H and O–H groups in total. The second-order valence-electron chi connectivity index (χ2n) is 6.86. The van der Waals surface area contributed by atoms with E-state index in [4.69, 9.17) is 12.2 Å². The van der Waals surface area contributed by atoms with E-state index in [2.05, 4.69) is 26.0 Å². The Morgan fingerprint density at radius 2 is 1.60 bits per heavy atom. The van der Waals surface area contributed by atoms with Gasteiger partial charge in [0.2, 0.25) is 0 Å². The van der Waals surface area contributed by atoms with Crippen molar-refractivity contribution in [3.8, 4) is 0 Å². The summed E-state index contributed by atoms with van der Waals surface area (Å²) in [7, 11) is -3.07. The quantitative estimate of drug-likeness (QED) is 0.758. The van der Waals surface area contributed by atoms with E-state index < -0.39 is 9.84 Å². The second kappa shape index (κ2) is 5.81. The SMILES string of the molecule is Cc1ccc(N2C(=S)N(c3ccccc3)C3CS(=O)(=O)CC32)c(C)c1. The smallest absolute Gasteiger partial charge is 0.181 e. The van der Waals surface area contributed by atoms with Crippen LogP contribution >= 0.6 is 12.2 Å². The van der Waals surface area contributed by atoms with E-state index in [9.17, 15) is 8.42 Å². The lowest BCUT2D eigenvalue weighted by Crippen LogP contribution is -2.38. The van der Waals surface area contributed by atoms with Crippen LogP contribution in [0.1, 0.15) is 11.1 Å². The Labute approximate surface area is 154 Å². The Kier molecular flexibility index (Phi) is 3.85. The summed E-state index contributed by atoms with van der Waals surface area (Å²) in [5, 5.41) is 0.683. The van der Waals surface area contributed by atoms with Crippen LogP contribution in [0.4, 0.5) is 11.4 Å². The van der Waals surface area contributed by atoms with Crippen LogP contribution in [0.2, 0.25) is 0 Å². The Morgan fingerprint density at radius 1 is 0.960 bits per heavy atom. The van der Waals surface area contributed by atoms with Crippen LogP contribution in [0.25, 0.3) is 0 Å². The van der Waals surface area contributed by atoms with E-state index in [1.807, 2.05) is 46.2 Å². The molecule has 0 spiro atoms. The monoisotopic (exact) mass is 372 g/mol. The molecule has 25 heavy (non-hydrogen) atoms. The zero-order valence-corrected chi connectivity index (χ0v) is 15.8. The van der Waals surface area contributed by atoms with Gasteiger partial charge in [-0.3, -0.25) is 0 Å². The van der Waals surface area contributed by atoms with Crippen LogP contribution in [0.15, 0.2) is 48.5 Å². The Morgan fingerprint density at radius 3 is 2.24 bits per heavy atom. The Hall–Kier alpha value is -1.92. The van der Waals surface area contributed by atoms with Gasteiger partial charge in [-0.15, -0.1) is 0 Å². The van der Waals surface area contributed by atoms with Crippen LogP contribution in [0.3, 0.4) is 0 Å². The number of fused-ring (bicyclic) bond motifs is 1. The minimum atomic E-state index is -3.07. The maximum atomic E-state index is 12.3. The molecular formula is C19H20N2O2S2. The van der Waals surface area contributed by atoms with Gasteiger partial charge in [0.25, 0.3) is 0 Å². The molecule has 130 valence electrons. The summed E-state index contributed by atoms with van der Waals surface area (Å²) in [5.74, 6) is 0.294. The van der Waals surface area contributed by atoms with E-state index in [0.29, 0.717) is 5.11 Å². The first-order valence-electron chi connectivity index (χ1n) is 8.32. The van der Waals surface area contributed by atoms with Gasteiger partial charge in [0.05, 0.1) is 23.6 Å². The van der Waals surface area contributed by atoms with Crippen molar-refractivity contribution >= 4 is 38.5 Å². The summed E-state index contributed by atoms with van der Waals surface area (Å²) in [6.07, 6.45) is 0. The molecule has 0 saturated carbocycles. The van der Waals surface area contributed by atoms with Gasteiger partial charge in [0.15, 0.2) is 14.9 Å². The fraction of sp³-hybridized carbons (Fsp3) is 0.316. The third kappa shape index (κ3) is 2.73. The third-order valence-corrected chi connectivity index (χ3v) is 7.11. The number of aryl methyl sites for hydroxylation is 2. The fourth-order valence-corrected chi connectivity index (χ4v) is 6.35. The summed E-state index contributed by atoms with van der Waals surface area (Å²) in [5.41, 5.74) is 4.25. The van der Waals surface area contributed by atoms with Gasteiger partial charge in [0.1, 0.15) is 0 Å². The van der Waals surface area contributed by atoms with E-state index in [1.54, 1.807) is 0 Å². The Bertz CT molecular complexity index is 941. The number of nitrogens with zero attached hydrogens (tertiary/aromatic N) is 2. The number of sulfone groups is 1. The molecule has 4 nitrogen and oxygen atoms in total. The number of hydrogen-bond donors (Lipinski definition) is 0. The molecule has 6 heteroatoms. The first kappa shape index (κ1) is 16.5. The molecule has 2 unspecified atom stereocenters. The lowest BCUT2D eigenvalue weighted by Gasteiger charge is -2.27.